The smallest absolute Gasteiger partial charge is 0.260 e. The van der Waals surface area contributed by atoms with Gasteiger partial charge in [-0.25, -0.2) is 4.68 Å². The lowest BCUT2D eigenvalue weighted by molar-refractivity contribution is 0.102. The number of hydrogen-bond donors (Lipinski definition) is 1. The third-order valence-corrected chi connectivity index (χ3v) is 5.69. The largest absolute Gasteiger partial charge is 0.456 e. The summed E-state index contributed by atoms with van der Waals surface area (Å²) in [7, 11) is 0. The van der Waals surface area contributed by atoms with Gasteiger partial charge in [0.25, 0.3) is 5.91 Å². The quantitative estimate of drug-likeness (QED) is 0.377. The molecule has 2 aromatic heterocycles. The molecule has 5 rings (SSSR count). The molecule has 0 spiro atoms. The number of aryl methyl sites for hydroxylation is 1. The van der Waals surface area contributed by atoms with E-state index in [1.54, 1.807) is 48.0 Å². The van der Waals surface area contributed by atoms with Gasteiger partial charge in [-0.05, 0) is 42.8 Å². The van der Waals surface area contributed by atoms with Crippen molar-refractivity contribution in [2.75, 3.05) is 5.32 Å². The highest BCUT2D eigenvalue weighted by atomic mass is 35.5. The summed E-state index contributed by atoms with van der Waals surface area (Å²) >= 11 is 6.50. The van der Waals surface area contributed by atoms with Crippen LogP contribution in [0.2, 0.25) is 5.15 Å². The molecule has 3 aromatic carbocycles. The fourth-order valence-corrected chi connectivity index (χ4v) is 4.07. The second-order valence-corrected chi connectivity index (χ2v) is 7.84. The molecule has 5 aromatic rings. The summed E-state index contributed by atoms with van der Waals surface area (Å²) in [5, 5.41) is 8.39. The van der Waals surface area contributed by atoms with Crippen LogP contribution in [0.4, 0.5) is 5.69 Å². The lowest BCUT2D eigenvalue weighted by Gasteiger charge is -2.07. The summed E-state index contributed by atoms with van der Waals surface area (Å²) in [6.45, 7) is 2.20. The van der Waals surface area contributed by atoms with Crippen LogP contribution in [0.15, 0.2) is 82.0 Å². The number of benzene rings is 3. The standard InChI is InChI=1S/C25H18ClN3O3/c1-15-22(24(26)29(28-15)14-16-7-3-2-4-8-16)25(31)27-17-11-12-21-19(13-17)23(30)18-9-5-6-10-20(18)32-21/h2-13H,14H2,1H3,(H,27,31). The first-order valence-electron chi connectivity index (χ1n) is 10.0. The van der Waals surface area contributed by atoms with E-state index in [4.69, 9.17) is 16.0 Å². The zero-order valence-corrected chi connectivity index (χ0v) is 17.9. The number of para-hydroxylation sites is 1. The molecule has 7 heteroatoms. The Bertz CT molecular complexity index is 1540. The second kappa shape index (κ2) is 7.98. The van der Waals surface area contributed by atoms with Crippen molar-refractivity contribution < 1.29 is 9.21 Å². The summed E-state index contributed by atoms with van der Waals surface area (Å²) in [6, 6.07) is 21.8. The van der Waals surface area contributed by atoms with E-state index < -0.39 is 5.91 Å². The Morgan fingerprint density at radius 2 is 1.72 bits per heavy atom. The van der Waals surface area contributed by atoms with Gasteiger partial charge in [-0.3, -0.25) is 9.59 Å². The highest BCUT2D eigenvalue weighted by Gasteiger charge is 2.21. The fourth-order valence-electron chi connectivity index (χ4n) is 3.75. The minimum atomic E-state index is -0.392. The molecule has 32 heavy (non-hydrogen) atoms. The number of nitrogens with one attached hydrogen (secondary N) is 1. The Labute approximate surface area is 188 Å². The number of carbonyl (C=O) groups excluding carboxylic acids is 1. The Balaban J connectivity index is 1.46. The molecule has 0 aliphatic heterocycles. The third-order valence-electron chi connectivity index (χ3n) is 5.30. The molecule has 1 N–H and O–H groups in total. The monoisotopic (exact) mass is 443 g/mol. The van der Waals surface area contributed by atoms with E-state index in [9.17, 15) is 9.59 Å². The summed E-state index contributed by atoms with van der Waals surface area (Å²) in [4.78, 5) is 25.9. The van der Waals surface area contributed by atoms with Crippen molar-refractivity contribution in [2.45, 2.75) is 13.5 Å². The molecule has 0 bridgehead atoms. The van der Waals surface area contributed by atoms with Gasteiger partial charge in [-0.2, -0.15) is 5.10 Å². The first-order valence-corrected chi connectivity index (χ1v) is 10.4. The van der Waals surface area contributed by atoms with Crippen LogP contribution in [-0.4, -0.2) is 15.7 Å². The minimum absolute atomic E-state index is 0.150. The molecule has 0 atom stereocenters. The van der Waals surface area contributed by atoms with Crippen molar-refractivity contribution in [3.8, 4) is 0 Å². The Kier molecular flexibility index (Phi) is 4.99. The summed E-state index contributed by atoms with van der Waals surface area (Å²) < 4.78 is 7.42. The molecule has 0 saturated heterocycles. The number of carbonyl (C=O) groups is 1. The lowest BCUT2D eigenvalue weighted by atomic mass is 10.1. The number of amides is 1. The van der Waals surface area contributed by atoms with Gasteiger partial charge < -0.3 is 9.73 Å². The van der Waals surface area contributed by atoms with Crippen LogP contribution in [0.5, 0.6) is 0 Å². The van der Waals surface area contributed by atoms with Crippen LogP contribution in [-0.2, 0) is 6.54 Å². The molecule has 0 aliphatic rings. The number of aromatic nitrogens is 2. The van der Waals surface area contributed by atoms with Crippen LogP contribution in [0.3, 0.4) is 0 Å². The zero-order valence-electron chi connectivity index (χ0n) is 17.1. The first kappa shape index (κ1) is 20.0. The molecule has 0 fully saturated rings. The normalized spacial score (nSPS) is 11.2. The van der Waals surface area contributed by atoms with Gasteiger partial charge in [-0.1, -0.05) is 54.1 Å². The van der Waals surface area contributed by atoms with Gasteiger partial charge in [0.05, 0.1) is 28.6 Å². The minimum Gasteiger partial charge on any atom is -0.456 e. The number of halogens is 1. The molecule has 0 saturated carbocycles. The van der Waals surface area contributed by atoms with E-state index in [1.165, 1.54) is 0 Å². The number of anilines is 1. The second-order valence-electron chi connectivity index (χ2n) is 7.49. The molecule has 0 aliphatic carbocycles. The van der Waals surface area contributed by atoms with Gasteiger partial charge in [0.15, 0.2) is 0 Å². The van der Waals surface area contributed by atoms with Gasteiger partial charge in [0.1, 0.15) is 16.3 Å². The van der Waals surface area contributed by atoms with Crippen LogP contribution < -0.4 is 10.7 Å². The number of hydrogen-bond acceptors (Lipinski definition) is 4. The molecular weight excluding hydrogens is 426 g/mol. The van der Waals surface area contributed by atoms with Crippen LogP contribution >= 0.6 is 11.6 Å². The maximum atomic E-state index is 13.0. The van der Waals surface area contributed by atoms with E-state index in [0.29, 0.717) is 45.4 Å². The molecule has 158 valence electrons. The predicted molar refractivity (Wildman–Crippen MR) is 125 cm³/mol. The van der Waals surface area contributed by atoms with Crippen molar-refractivity contribution in [1.82, 2.24) is 9.78 Å². The predicted octanol–water partition coefficient (Wildman–Crippen LogP) is 5.41. The van der Waals surface area contributed by atoms with Gasteiger partial charge in [0.2, 0.25) is 5.43 Å². The van der Waals surface area contributed by atoms with E-state index in [2.05, 4.69) is 10.4 Å². The van der Waals surface area contributed by atoms with Crippen molar-refractivity contribution in [2.24, 2.45) is 0 Å². The Hall–Kier alpha value is -3.90. The van der Waals surface area contributed by atoms with Crippen LogP contribution in [0.1, 0.15) is 21.6 Å². The van der Waals surface area contributed by atoms with Crippen LogP contribution in [0.25, 0.3) is 21.9 Å². The van der Waals surface area contributed by atoms with Crippen molar-refractivity contribution in [3.63, 3.8) is 0 Å². The fraction of sp³-hybridized carbons (Fsp3) is 0.0800. The average Bonchev–Trinajstić information content (AvgIpc) is 3.08. The van der Waals surface area contributed by atoms with Crippen LogP contribution in [0, 0.1) is 6.92 Å². The zero-order chi connectivity index (χ0) is 22.2. The molecular formula is C25H18ClN3O3. The molecule has 0 radical (unpaired) electrons. The number of nitrogens with zero attached hydrogens (tertiary/aromatic N) is 2. The number of fused-ring (bicyclic) bond motifs is 2. The molecule has 2 heterocycles. The average molecular weight is 444 g/mol. The summed E-state index contributed by atoms with van der Waals surface area (Å²) in [5.74, 6) is -0.392. The maximum absolute atomic E-state index is 13.0. The maximum Gasteiger partial charge on any atom is 0.260 e. The molecule has 0 unspecified atom stereocenters. The summed E-state index contributed by atoms with van der Waals surface area (Å²) in [5.41, 5.74) is 3.14. The lowest BCUT2D eigenvalue weighted by Crippen LogP contribution is -2.14. The van der Waals surface area contributed by atoms with E-state index in [-0.39, 0.29) is 10.6 Å². The molecule has 1 amide bonds. The highest BCUT2D eigenvalue weighted by molar-refractivity contribution is 6.33. The highest BCUT2D eigenvalue weighted by Crippen LogP contribution is 2.25. The van der Waals surface area contributed by atoms with E-state index >= 15 is 0 Å². The first-order chi connectivity index (χ1) is 15.5. The Morgan fingerprint density at radius 1 is 1.00 bits per heavy atom. The Morgan fingerprint density at radius 3 is 2.53 bits per heavy atom. The van der Waals surface area contributed by atoms with Gasteiger partial charge >= 0.3 is 0 Å². The van der Waals surface area contributed by atoms with Gasteiger partial charge in [0, 0.05) is 5.69 Å². The van der Waals surface area contributed by atoms with Crippen molar-refractivity contribution >= 4 is 45.1 Å². The van der Waals surface area contributed by atoms with Crippen molar-refractivity contribution in [3.05, 3.63) is 105 Å². The van der Waals surface area contributed by atoms with E-state index in [1.807, 2.05) is 36.4 Å². The third kappa shape index (κ3) is 3.55. The summed E-state index contributed by atoms with van der Waals surface area (Å²) in [6.07, 6.45) is 0. The van der Waals surface area contributed by atoms with Crippen molar-refractivity contribution in [1.29, 1.82) is 0 Å². The topological polar surface area (TPSA) is 77.1 Å². The molecule has 6 nitrogen and oxygen atoms in total. The van der Waals surface area contributed by atoms with E-state index in [0.717, 1.165) is 5.56 Å². The van der Waals surface area contributed by atoms with Gasteiger partial charge in [-0.15, -0.1) is 0 Å². The number of rotatable bonds is 4. The SMILES string of the molecule is Cc1nn(Cc2ccccc2)c(Cl)c1C(=O)Nc1ccc2oc3ccccc3c(=O)c2c1.